The molecule has 0 aliphatic carbocycles. The molecule has 0 fully saturated rings. The number of hydrogen-bond acceptors (Lipinski definition) is 9. The first-order valence-electron chi connectivity index (χ1n) is 7.88. The number of halogens is 2. The summed E-state index contributed by atoms with van der Waals surface area (Å²) in [5, 5.41) is 19.9. The predicted molar refractivity (Wildman–Crippen MR) is 93.2 cm³/mol. The number of alkyl halides is 2. The zero-order valence-corrected chi connectivity index (χ0v) is 15.1. The number of nitrogens with zero attached hydrogens (tertiary/aromatic N) is 6. The Morgan fingerprint density at radius 2 is 2.07 bits per heavy atom. The van der Waals surface area contributed by atoms with Crippen LogP contribution in [0.4, 0.5) is 8.78 Å². The van der Waals surface area contributed by atoms with Gasteiger partial charge in [-0.25, -0.2) is 0 Å². The fourth-order valence-corrected chi connectivity index (χ4v) is 3.01. The second-order valence-corrected chi connectivity index (χ2v) is 6.19. The van der Waals surface area contributed by atoms with Gasteiger partial charge in [0.15, 0.2) is 11.5 Å². The minimum Gasteiger partial charge on any atom is -0.493 e. The van der Waals surface area contributed by atoms with E-state index >= 15 is 0 Å². The molecule has 12 heteroatoms. The van der Waals surface area contributed by atoms with E-state index in [1.807, 2.05) is 16.8 Å². The van der Waals surface area contributed by atoms with E-state index in [0.29, 0.717) is 11.4 Å². The third kappa shape index (κ3) is 3.81. The van der Waals surface area contributed by atoms with Gasteiger partial charge in [0.2, 0.25) is 11.6 Å². The van der Waals surface area contributed by atoms with E-state index in [1.54, 1.807) is 0 Å². The van der Waals surface area contributed by atoms with Gasteiger partial charge in [-0.3, -0.25) is 0 Å². The van der Waals surface area contributed by atoms with Crippen LogP contribution in [0.2, 0.25) is 0 Å². The van der Waals surface area contributed by atoms with Crippen LogP contribution in [0, 0.1) is 0 Å². The summed E-state index contributed by atoms with van der Waals surface area (Å²) in [4.78, 5) is 5.60. The molecule has 144 valence electrons. The smallest absolute Gasteiger partial charge is 0.387 e. The lowest BCUT2D eigenvalue weighted by atomic mass is 10.2. The zero-order chi connectivity index (χ0) is 19.5. The molecule has 0 saturated heterocycles. The number of thiophene rings is 1. The average molecular weight is 406 g/mol. The van der Waals surface area contributed by atoms with Gasteiger partial charge in [-0.2, -0.15) is 29.9 Å². The Morgan fingerprint density at radius 1 is 1.18 bits per heavy atom. The lowest BCUT2D eigenvalue weighted by Gasteiger charge is -2.10. The SMILES string of the molecule is COc1cc(-c2noc(Cn3nnc(-c4ccsc4)n3)n2)ccc1OC(F)F. The fraction of sp³-hybridized carbons (Fsp3) is 0.188. The van der Waals surface area contributed by atoms with E-state index in [0.717, 1.165) is 5.56 Å². The summed E-state index contributed by atoms with van der Waals surface area (Å²) < 4.78 is 39.5. The van der Waals surface area contributed by atoms with E-state index < -0.39 is 6.61 Å². The standard InChI is InChI=1S/C16H12F2N6O3S/c1-25-12-6-9(2-3-11(12)26-16(17)18)14-19-13(27-22-14)7-24-21-15(20-23-24)10-4-5-28-8-10/h2-6,8,16H,7H2,1H3. The van der Waals surface area contributed by atoms with Gasteiger partial charge in [0.1, 0.15) is 6.54 Å². The van der Waals surface area contributed by atoms with Crippen molar-refractivity contribution < 1.29 is 22.8 Å². The zero-order valence-electron chi connectivity index (χ0n) is 14.3. The Kier molecular flexibility index (Phi) is 4.93. The second kappa shape index (κ2) is 7.68. The minimum absolute atomic E-state index is 0.0854. The van der Waals surface area contributed by atoms with Gasteiger partial charge >= 0.3 is 6.61 Å². The van der Waals surface area contributed by atoms with Crippen LogP contribution in [0.25, 0.3) is 22.8 Å². The predicted octanol–water partition coefficient (Wildman–Crippen LogP) is 3.11. The highest BCUT2D eigenvalue weighted by atomic mass is 32.1. The Morgan fingerprint density at radius 3 is 2.82 bits per heavy atom. The van der Waals surface area contributed by atoms with Crippen molar-refractivity contribution in [2.45, 2.75) is 13.2 Å². The van der Waals surface area contributed by atoms with Crippen molar-refractivity contribution in [1.29, 1.82) is 0 Å². The van der Waals surface area contributed by atoms with Crippen LogP contribution in [0.1, 0.15) is 5.89 Å². The number of aromatic nitrogens is 6. The van der Waals surface area contributed by atoms with E-state index in [-0.39, 0.29) is 29.8 Å². The largest absolute Gasteiger partial charge is 0.493 e. The lowest BCUT2D eigenvalue weighted by Crippen LogP contribution is -2.04. The van der Waals surface area contributed by atoms with Crippen LogP contribution in [0.3, 0.4) is 0 Å². The molecule has 0 aliphatic rings. The molecule has 0 N–H and O–H groups in total. The van der Waals surface area contributed by atoms with Crippen molar-refractivity contribution in [2.24, 2.45) is 0 Å². The molecule has 3 aromatic heterocycles. The summed E-state index contributed by atoms with van der Waals surface area (Å²) in [5.74, 6) is 1.06. The summed E-state index contributed by atoms with van der Waals surface area (Å²) in [6, 6.07) is 6.25. The van der Waals surface area contributed by atoms with E-state index in [2.05, 4.69) is 30.3 Å². The molecule has 9 nitrogen and oxygen atoms in total. The Balaban J connectivity index is 1.51. The number of rotatable bonds is 7. The first-order valence-corrected chi connectivity index (χ1v) is 8.83. The number of benzene rings is 1. The van der Waals surface area contributed by atoms with E-state index in [1.165, 1.54) is 41.4 Å². The maximum atomic E-state index is 12.4. The Hall–Kier alpha value is -3.41. The summed E-state index contributed by atoms with van der Waals surface area (Å²) >= 11 is 1.54. The maximum absolute atomic E-state index is 12.4. The van der Waals surface area contributed by atoms with E-state index in [4.69, 9.17) is 9.26 Å². The van der Waals surface area contributed by atoms with Gasteiger partial charge in [0.25, 0.3) is 5.89 Å². The molecule has 1 aromatic carbocycles. The highest BCUT2D eigenvalue weighted by Gasteiger charge is 2.16. The maximum Gasteiger partial charge on any atom is 0.387 e. The quantitative estimate of drug-likeness (QED) is 0.461. The van der Waals surface area contributed by atoms with Crippen LogP contribution in [-0.4, -0.2) is 44.1 Å². The highest BCUT2D eigenvalue weighted by Crippen LogP contribution is 2.32. The molecular weight excluding hydrogens is 394 g/mol. The average Bonchev–Trinajstić information content (AvgIpc) is 3.43. The number of tetrazole rings is 1. The van der Waals surface area contributed by atoms with Crippen LogP contribution >= 0.6 is 11.3 Å². The molecule has 4 aromatic rings. The molecule has 0 unspecified atom stereocenters. The summed E-state index contributed by atoms with van der Waals surface area (Å²) in [7, 11) is 1.35. The molecule has 0 aliphatic heterocycles. The normalized spacial score (nSPS) is 11.1. The van der Waals surface area contributed by atoms with Gasteiger partial charge in [-0.1, -0.05) is 5.16 Å². The lowest BCUT2D eigenvalue weighted by molar-refractivity contribution is -0.0512. The van der Waals surface area contributed by atoms with Crippen LogP contribution in [0.15, 0.2) is 39.5 Å². The minimum atomic E-state index is -2.95. The van der Waals surface area contributed by atoms with Crippen molar-refractivity contribution >= 4 is 11.3 Å². The van der Waals surface area contributed by atoms with Gasteiger partial charge in [0, 0.05) is 16.5 Å². The number of methoxy groups -OCH3 is 1. The van der Waals surface area contributed by atoms with Crippen molar-refractivity contribution in [3.05, 3.63) is 40.9 Å². The van der Waals surface area contributed by atoms with Crippen molar-refractivity contribution in [3.8, 4) is 34.3 Å². The molecule has 0 saturated carbocycles. The summed E-state index contributed by atoms with van der Waals surface area (Å²) in [6.07, 6.45) is 0. The van der Waals surface area contributed by atoms with Crippen molar-refractivity contribution in [3.63, 3.8) is 0 Å². The van der Waals surface area contributed by atoms with Crippen molar-refractivity contribution in [1.82, 2.24) is 30.3 Å². The molecule has 0 spiro atoms. The molecule has 4 rings (SSSR count). The highest BCUT2D eigenvalue weighted by molar-refractivity contribution is 7.08. The molecule has 0 radical (unpaired) electrons. The first-order chi connectivity index (χ1) is 13.6. The summed E-state index contributed by atoms with van der Waals surface area (Å²) in [5.41, 5.74) is 1.39. The molecule has 28 heavy (non-hydrogen) atoms. The number of hydrogen-bond donors (Lipinski definition) is 0. The fourth-order valence-electron chi connectivity index (χ4n) is 2.37. The van der Waals surface area contributed by atoms with Crippen LogP contribution in [-0.2, 0) is 6.54 Å². The second-order valence-electron chi connectivity index (χ2n) is 5.41. The monoisotopic (exact) mass is 406 g/mol. The Bertz CT molecular complexity index is 1070. The van der Waals surface area contributed by atoms with E-state index in [9.17, 15) is 8.78 Å². The molecule has 0 bridgehead atoms. The third-order valence-corrected chi connectivity index (χ3v) is 4.30. The molecule has 0 atom stereocenters. The third-order valence-electron chi connectivity index (χ3n) is 3.61. The Labute approximate surface area is 160 Å². The topological polar surface area (TPSA) is 101 Å². The number of ether oxygens (including phenoxy) is 2. The molecule has 0 amide bonds. The molecular formula is C16H12F2N6O3S. The van der Waals surface area contributed by atoms with Gasteiger partial charge in [0.05, 0.1) is 7.11 Å². The summed E-state index contributed by atoms with van der Waals surface area (Å²) in [6.45, 7) is -2.82. The van der Waals surface area contributed by atoms with Crippen molar-refractivity contribution in [2.75, 3.05) is 7.11 Å². The first kappa shape index (κ1) is 18.0. The van der Waals surface area contributed by atoms with Gasteiger partial charge in [-0.15, -0.1) is 10.2 Å². The van der Waals surface area contributed by atoms with Crippen LogP contribution in [0.5, 0.6) is 11.5 Å². The van der Waals surface area contributed by atoms with Gasteiger partial charge < -0.3 is 14.0 Å². The van der Waals surface area contributed by atoms with Crippen LogP contribution < -0.4 is 9.47 Å². The van der Waals surface area contributed by atoms with Gasteiger partial charge in [-0.05, 0) is 34.9 Å². The molecule has 3 heterocycles.